The van der Waals surface area contributed by atoms with Crippen LogP contribution >= 0.6 is 35.7 Å². The standard InChI is InChI=1S/C19H32N4OS.HI/c1-4-20-19(21-11-14-25-3)22-15-18(23-12-5-6-13-23)16-7-9-17(24-2)10-8-16;/h7-10,18H,4-6,11-15H2,1-3H3,(H2,20,21,22);1H. The van der Waals surface area contributed by atoms with E-state index in [1.807, 2.05) is 23.9 Å². The molecule has 148 valence electrons. The predicted octanol–water partition coefficient (Wildman–Crippen LogP) is 3.37. The van der Waals surface area contributed by atoms with Crippen molar-refractivity contribution in [2.45, 2.75) is 25.8 Å². The molecule has 1 unspecified atom stereocenters. The summed E-state index contributed by atoms with van der Waals surface area (Å²) in [4.78, 5) is 7.41. The molecular formula is C19H33IN4OS. The normalized spacial score (nSPS) is 16.0. The van der Waals surface area contributed by atoms with Crippen LogP contribution in [0.1, 0.15) is 31.4 Å². The van der Waals surface area contributed by atoms with Crippen LogP contribution in [0.2, 0.25) is 0 Å². The molecule has 26 heavy (non-hydrogen) atoms. The van der Waals surface area contributed by atoms with Crippen LogP contribution in [0.3, 0.4) is 0 Å². The molecule has 1 aromatic carbocycles. The van der Waals surface area contributed by atoms with Crippen molar-refractivity contribution < 1.29 is 4.74 Å². The lowest BCUT2D eigenvalue weighted by Gasteiger charge is -2.27. The molecule has 0 spiro atoms. The van der Waals surface area contributed by atoms with Gasteiger partial charge in [-0.2, -0.15) is 11.8 Å². The first-order valence-electron chi connectivity index (χ1n) is 9.17. The van der Waals surface area contributed by atoms with E-state index in [0.29, 0.717) is 6.04 Å². The van der Waals surface area contributed by atoms with Crippen LogP contribution in [0, 0.1) is 0 Å². The van der Waals surface area contributed by atoms with Gasteiger partial charge in [0.05, 0.1) is 19.7 Å². The minimum absolute atomic E-state index is 0. The summed E-state index contributed by atoms with van der Waals surface area (Å²) < 4.78 is 5.30. The molecule has 0 aliphatic carbocycles. The fourth-order valence-corrected chi connectivity index (χ4v) is 3.41. The van der Waals surface area contributed by atoms with Crippen LogP contribution in [0.4, 0.5) is 0 Å². The zero-order valence-corrected chi connectivity index (χ0v) is 19.3. The Bertz CT molecular complexity index is 521. The Hall–Kier alpha value is -0.670. The number of nitrogens with zero attached hydrogens (tertiary/aromatic N) is 2. The minimum atomic E-state index is 0. The van der Waals surface area contributed by atoms with Gasteiger partial charge in [-0.1, -0.05) is 12.1 Å². The summed E-state index contributed by atoms with van der Waals surface area (Å²) in [6, 6.07) is 8.76. The molecule has 0 bridgehead atoms. The maximum absolute atomic E-state index is 5.30. The van der Waals surface area contributed by atoms with Gasteiger partial charge in [-0.15, -0.1) is 24.0 Å². The molecule has 1 saturated heterocycles. The molecular weight excluding hydrogens is 459 g/mol. The highest BCUT2D eigenvalue weighted by Gasteiger charge is 2.23. The molecule has 1 heterocycles. The van der Waals surface area contributed by atoms with Gasteiger partial charge in [0.1, 0.15) is 5.75 Å². The lowest BCUT2D eigenvalue weighted by atomic mass is 10.1. The van der Waals surface area contributed by atoms with Crippen molar-refractivity contribution in [2.24, 2.45) is 4.99 Å². The van der Waals surface area contributed by atoms with E-state index in [1.165, 1.54) is 18.4 Å². The lowest BCUT2D eigenvalue weighted by Crippen LogP contribution is -2.39. The number of guanidine groups is 1. The Balaban J connectivity index is 0.00000338. The number of methoxy groups -OCH3 is 1. The van der Waals surface area contributed by atoms with Crippen LogP contribution in [0.5, 0.6) is 5.75 Å². The summed E-state index contributed by atoms with van der Waals surface area (Å²) in [5.41, 5.74) is 1.31. The molecule has 0 saturated carbocycles. The van der Waals surface area contributed by atoms with Crippen LogP contribution < -0.4 is 15.4 Å². The maximum Gasteiger partial charge on any atom is 0.191 e. The van der Waals surface area contributed by atoms with Crippen molar-refractivity contribution in [2.75, 3.05) is 51.8 Å². The molecule has 5 nitrogen and oxygen atoms in total. The number of likely N-dealkylation sites (tertiary alicyclic amines) is 1. The topological polar surface area (TPSA) is 48.9 Å². The smallest absolute Gasteiger partial charge is 0.191 e. The van der Waals surface area contributed by atoms with Gasteiger partial charge >= 0.3 is 0 Å². The highest BCUT2D eigenvalue weighted by Crippen LogP contribution is 2.27. The number of thioether (sulfide) groups is 1. The molecule has 7 heteroatoms. The number of aliphatic imine (C=N–C) groups is 1. The van der Waals surface area contributed by atoms with E-state index in [0.717, 1.165) is 50.2 Å². The molecule has 2 N–H and O–H groups in total. The predicted molar refractivity (Wildman–Crippen MR) is 124 cm³/mol. The molecule has 1 aliphatic heterocycles. The molecule has 1 aliphatic rings. The number of rotatable bonds is 9. The average Bonchev–Trinajstić information content (AvgIpc) is 3.17. The van der Waals surface area contributed by atoms with Gasteiger partial charge < -0.3 is 15.4 Å². The number of benzene rings is 1. The fraction of sp³-hybridized carbons (Fsp3) is 0.632. The second-order valence-electron chi connectivity index (χ2n) is 6.17. The minimum Gasteiger partial charge on any atom is -0.497 e. The van der Waals surface area contributed by atoms with Crippen molar-refractivity contribution in [1.29, 1.82) is 0 Å². The van der Waals surface area contributed by atoms with Gasteiger partial charge in [-0.3, -0.25) is 9.89 Å². The summed E-state index contributed by atoms with van der Waals surface area (Å²) in [7, 11) is 1.71. The van der Waals surface area contributed by atoms with Crippen molar-refractivity contribution in [3.8, 4) is 5.75 Å². The van der Waals surface area contributed by atoms with Crippen molar-refractivity contribution in [1.82, 2.24) is 15.5 Å². The van der Waals surface area contributed by atoms with E-state index in [9.17, 15) is 0 Å². The highest BCUT2D eigenvalue weighted by atomic mass is 127. The van der Waals surface area contributed by atoms with E-state index < -0.39 is 0 Å². The summed E-state index contributed by atoms with van der Waals surface area (Å²) in [6.45, 7) is 6.99. The Morgan fingerprint density at radius 3 is 2.50 bits per heavy atom. The largest absolute Gasteiger partial charge is 0.497 e. The van der Waals surface area contributed by atoms with Gasteiger partial charge in [0, 0.05) is 18.8 Å². The number of hydrogen-bond acceptors (Lipinski definition) is 4. The third-order valence-corrected chi connectivity index (χ3v) is 5.06. The first kappa shape index (κ1) is 23.4. The van der Waals surface area contributed by atoms with E-state index >= 15 is 0 Å². The van der Waals surface area contributed by atoms with Crippen molar-refractivity contribution in [3.63, 3.8) is 0 Å². The SMILES string of the molecule is CCNC(=NCC(c1ccc(OC)cc1)N1CCCC1)NCCSC.I. The number of nitrogens with one attached hydrogen (secondary N) is 2. The van der Waals surface area contributed by atoms with Crippen LogP contribution in [-0.2, 0) is 0 Å². The summed E-state index contributed by atoms with van der Waals surface area (Å²) in [5, 5.41) is 6.77. The highest BCUT2D eigenvalue weighted by molar-refractivity contribution is 14.0. The molecule has 0 amide bonds. The van der Waals surface area contributed by atoms with E-state index in [-0.39, 0.29) is 24.0 Å². The van der Waals surface area contributed by atoms with Crippen LogP contribution in [0.15, 0.2) is 29.3 Å². The van der Waals surface area contributed by atoms with E-state index in [4.69, 9.17) is 9.73 Å². The summed E-state index contributed by atoms with van der Waals surface area (Å²) in [5.74, 6) is 2.90. The number of hydrogen-bond donors (Lipinski definition) is 2. The van der Waals surface area contributed by atoms with Crippen LogP contribution in [-0.4, -0.2) is 62.7 Å². The maximum atomic E-state index is 5.30. The monoisotopic (exact) mass is 492 g/mol. The van der Waals surface area contributed by atoms with Gasteiger partial charge in [0.25, 0.3) is 0 Å². The molecule has 2 rings (SSSR count). The second-order valence-corrected chi connectivity index (χ2v) is 7.16. The Morgan fingerprint density at radius 2 is 1.92 bits per heavy atom. The quantitative estimate of drug-likeness (QED) is 0.240. The first-order chi connectivity index (χ1) is 12.3. The summed E-state index contributed by atoms with van der Waals surface area (Å²) >= 11 is 1.84. The van der Waals surface area contributed by atoms with Crippen molar-refractivity contribution >= 4 is 41.7 Å². The fourth-order valence-electron chi connectivity index (χ4n) is 3.10. The van der Waals surface area contributed by atoms with E-state index in [2.05, 4.69) is 40.8 Å². The van der Waals surface area contributed by atoms with Gasteiger partial charge in [-0.25, -0.2) is 0 Å². The molecule has 0 aromatic heterocycles. The third kappa shape index (κ3) is 7.52. The van der Waals surface area contributed by atoms with Gasteiger partial charge in [-0.05, 0) is 56.8 Å². The third-order valence-electron chi connectivity index (χ3n) is 4.45. The Kier molecular flexibility index (Phi) is 12.1. The van der Waals surface area contributed by atoms with Crippen molar-refractivity contribution in [3.05, 3.63) is 29.8 Å². The molecule has 1 atom stereocenters. The van der Waals surface area contributed by atoms with Crippen LogP contribution in [0.25, 0.3) is 0 Å². The molecule has 1 aromatic rings. The zero-order valence-electron chi connectivity index (χ0n) is 16.2. The van der Waals surface area contributed by atoms with Gasteiger partial charge in [0.2, 0.25) is 0 Å². The number of halogens is 1. The lowest BCUT2D eigenvalue weighted by molar-refractivity contribution is 0.251. The Morgan fingerprint density at radius 1 is 1.23 bits per heavy atom. The summed E-state index contributed by atoms with van der Waals surface area (Å²) in [6.07, 6.45) is 4.68. The zero-order chi connectivity index (χ0) is 17.9. The second kappa shape index (κ2) is 13.5. The van der Waals surface area contributed by atoms with Gasteiger partial charge in [0.15, 0.2) is 5.96 Å². The average molecular weight is 492 g/mol. The molecule has 0 radical (unpaired) electrons. The molecule has 1 fully saturated rings. The van der Waals surface area contributed by atoms with E-state index in [1.54, 1.807) is 7.11 Å². The Labute approximate surface area is 179 Å². The first-order valence-corrected chi connectivity index (χ1v) is 10.6. The number of ether oxygens (including phenoxy) is 1.